The molecule has 1 nitrogen and oxygen atoms in total. The van der Waals surface area contributed by atoms with Crippen LogP contribution < -0.4 is 0 Å². The molecule has 0 aromatic heterocycles. The quantitative estimate of drug-likeness (QED) is 0.555. The van der Waals surface area contributed by atoms with Crippen LogP contribution in [-0.2, 0) is 0 Å². The van der Waals surface area contributed by atoms with Crippen LogP contribution in [0.2, 0.25) is 0 Å². The van der Waals surface area contributed by atoms with Gasteiger partial charge in [-0.1, -0.05) is 13.8 Å². The van der Waals surface area contributed by atoms with Crippen LogP contribution in [0.25, 0.3) is 0 Å². The van der Waals surface area contributed by atoms with E-state index in [0.29, 0.717) is 0 Å². The highest BCUT2D eigenvalue weighted by molar-refractivity contribution is 5.21. The molecule has 2 aliphatic rings. The summed E-state index contributed by atoms with van der Waals surface area (Å²) in [5.41, 5.74) is 1.70. The maximum Gasteiger partial charge on any atom is 0.0324 e. The van der Waals surface area contributed by atoms with E-state index in [-0.39, 0.29) is 0 Å². The molecule has 0 spiro atoms. The SMILES string of the molecule is CC(C)C1CC2CC1=CN2C. The summed E-state index contributed by atoms with van der Waals surface area (Å²) in [5, 5.41) is 0. The number of nitrogens with zero attached hydrogens (tertiary/aromatic N) is 1. The van der Waals surface area contributed by atoms with Crippen LogP contribution in [0.4, 0.5) is 0 Å². The number of fused-ring (bicyclic) bond motifs is 2. The molecule has 1 saturated carbocycles. The van der Waals surface area contributed by atoms with Gasteiger partial charge in [0.1, 0.15) is 0 Å². The highest BCUT2D eigenvalue weighted by atomic mass is 15.1. The van der Waals surface area contributed by atoms with Crippen molar-refractivity contribution in [2.75, 3.05) is 7.05 Å². The third-order valence-corrected chi connectivity index (χ3v) is 3.22. The third-order valence-electron chi connectivity index (χ3n) is 3.22. The van der Waals surface area contributed by atoms with Crippen LogP contribution in [0.1, 0.15) is 26.7 Å². The fourth-order valence-corrected chi connectivity index (χ4v) is 2.48. The second-order valence-corrected chi connectivity index (χ2v) is 4.31. The summed E-state index contributed by atoms with van der Waals surface area (Å²) in [5.74, 6) is 1.75. The monoisotopic (exact) mass is 151 g/mol. The summed E-state index contributed by atoms with van der Waals surface area (Å²) in [6.45, 7) is 4.68. The smallest absolute Gasteiger partial charge is 0.0324 e. The average Bonchev–Trinajstić information content (AvgIpc) is 2.43. The Morgan fingerprint density at radius 1 is 1.55 bits per heavy atom. The molecule has 0 amide bonds. The molecule has 1 aliphatic carbocycles. The van der Waals surface area contributed by atoms with Crippen LogP contribution in [-0.4, -0.2) is 18.0 Å². The van der Waals surface area contributed by atoms with Gasteiger partial charge < -0.3 is 4.90 Å². The van der Waals surface area contributed by atoms with Crippen molar-refractivity contribution in [2.24, 2.45) is 11.8 Å². The highest BCUT2D eigenvalue weighted by Crippen LogP contribution is 2.43. The van der Waals surface area contributed by atoms with Gasteiger partial charge in [-0.25, -0.2) is 0 Å². The Labute approximate surface area is 69.1 Å². The standard InChI is InChI=1S/C10H17N/c1-7(2)10-5-9-4-8(10)6-11(9)3/h6-7,9-10H,4-5H2,1-3H3. The summed E-state index contributed by atoms with van der Waals surface area (Å²) in [4.78, 5) is 2.38. The molecule has 1 heteroatoms. The molecule has 2 atom stereocenters. The summed E-state index contributed by atoms with van der Waals surface area (Å²) >= 11 is 0. The molecule has 11 heavy (non-hydrogen) atoms. The van der Waals surface area contributed by atoms with Crippen molar-refractivity contribution in [3.63, 3.8) is 0 Å². The van der Waals surface area contributed by atoms with Crippen LogP contribution in [0, 0.1) is 11.8 Å². The molecule has 0 aromatic rings. The van der Waals surface area contributed by atoms with E-state index in [1.165, 1.54) is 12.8 Å². The fraction of sp³-hybridized carbons (Fsp3) is 0.800. The number of rotatable bonds is 1. The Balaban J connectivity index is 2.16. The van der Waals surface area contributed by atoms with Crippen molar-refractivity contribution in [3.05, 3.63) is 11.8 Å². The summed E-state index contributed by atoms with van der Waals surface area (Å²) in [7, 11) is 2.20. The van der Waals surface area contributed by atoms with Gasteiger partial charge in [0.2, 0.25) is 0 Å². The van der Waals surface area contributed by atoms with E-state index in [1.54, 1.807) is 5.57 Å². The molecule has 1 fully saturated rings. The van der Waals surface area contributed by atoms with Crippen molar-refractivity contribution < 1.29 is 0 Å². The number of hydrogen-bond acceptors (Lipinski definition) is 1. The van der Waals surface area contributed by atoms with Crippen molar-refractivity contribution in [1.82, 2.24) is 4.90 Å². The van der Waals surface area contributed by atoms with E-state index < -0.39 is 0 Å². The molecule has 0 aromatic carbocycles. The van der Waals surface area contributed by atoms with Gasteiger partial charge in [-0.15, -0.1) is 0 Å². The lowest BCUT2D eigenvalue weighted by molar-refractivity contribution is 0.298. The maximum atomic E-state index is 2.38. The second-order valence-electron chi connectivity index (χ2n) is 4.31. The first kappa shape index (κ1) is 7.20. The zero-order valence-corrected chi connectivity index (χ0v) is 7.67. The molecule has 2 rings (SSSR count). The second kappa shape index (κ2) is 2.26. The summed E-state index contributed by atoms with van der Waals surface area (Å²) in [6, 6.07) is 0.845. The Morgan fingerprint density at radius 2 is 2.27 bits per heavy atom. The van der Waals surface area contributed by atoms with E-state index in [0.717, 1.165) is 17.9 Å². The largest absolute Gasteiger partial charge is 0.377 e. The van der Waals surface area contributed by atoms with Gasteiger partial charge in [-0.3, -0.25) is 0 Å². The van der Waals surface area contributed by atoms with Gasteiger partial charge in [-0.05, 0) is 36.5 Å². The van der Waals surface area contributed by atoms with Gasteiger partial charge in [0.25, 0.3) is 0 Å². The minimum absolute atomic E-state index is 0.845. The molecule has 0 saturated heterocycles. The first-order chi connectivity index (χ1) is 5.18. The van der Waals surface area contributed by atoms with Crippen molar-refractivity contribution in [1.29, 1.82) is 0 Å². The van der Waals surface area contributed by atoms with E-state index in [1.807, 2.05) is 0 Å². The Morgan fingerprint density at radius 3 is 2.64 bits per heavy atom. The zero-order valence-electron chi connectivity index (χ0n) is 7.67. The lowest BCUT2D eigenvalue weighted by Crippen LogP contribution is -2.25. The molecular formula is C10H17N. The maximum absolute atomic E-state index is 2.38. The molecule has 2 bridgehead atoms. The van der Waals surface area contributed by atoms with Crippen LogP contribution in [0.3, 0.4) is 0 Å². The number of hydrogen-bond donors (Lipinski definition) is 0. The fourth-order valence-electron chi connectivity index (χ4n) is 2.48. The average molecular weight is 151 g/mol. The van der Waals surface area contributed by atoms with Gasteiger partial charge in [-0.2, -0.15) is 0 Å². The lowest BCUT2D eigenvalue weighted by atomic mass is 9.90. The molecule has 2 unspecified atom stereocenters. The Hall–Kier alpha value is -0.460. The normalized spacial score (nSPS) is 35.3. The Bertz CT molecular complexity index is 193. The lowest BCUT2D eigenvalue weighted by Gasteiger charge is -2.26. The van der Waals surface area contributed by atoms with Crippen LogP contribution in [0.5, 0.6) is 0 Å². The Kier molecular flexibility index (Phi) is 1.48. The van der Waals surface area contributed by atoms with Gasteiger partial charge in [0, 0.05) is 13.1 Å². The highest BCUT2D eigenvalue weighted by Gasteiger charge is 2.37. The molecule has 62 valence electrons. The van der Waals surface area contributed by atoms with E-state index in [2.05, 4.69) is 32.0 Å². The van der Waals surface area contributed by atoms with E-state index in [9.17, 15) is 0 Å². The van der Waals surface area contributed by atoms with Gasteiger partial charge in [0.05, 0.1) is 0 Å². The van der Waals surface area contributed by atoms with Crippen LogP contribution in [0.15, 0.2) is 11.8 Å². The minimum Gasteiger partial charge on any atom is -0.377 e. The van der Waals surface area contributed by atoms with Gasteiger partial charge >= 0.3 is 0 Å². The molecule has 1 heterocycles. The van der Waals surface area contributed by atoms with Crippen molar-refractivity contribution >= 4 is 0 Å². The first-order valence-electron chi connectivity index (χ1n) is 4.61. The summed E-state index contributed by atoms with van der Waals surface area (Å²) < 4.78 is 0. The third kappa shape index (κ3) is 0.979. The molecular weight excluding hydrogens is 134 g/mol. The molecule has 0 N–H and O–H groups in total. The van der Waals surface area contributed by atoms with Crippen LogP contribution >= 0.6 is 0 Å². The predicted molar refractivity (Wildman–Crippen MR) is 47.2 cm³/mol. The zero-order chi connectivity index (χ0) is 8.01. The van der Waals surface area contributed by atoms with Crippen molar-refractivity contribution in [2.45, 2.75) is 32.7 Å². The van der Waals surface area contributed by atoms with Gasteiger partial charge in [0.15, 0.2) is 0 Å². The van der Waals surface area contributed by atoms with E-state index in [4.69, 9.17) is 0 Å². The minimum atomic E-state index is 0.845. The predicted octanol–water partition coefficient (Wildman–Crippen LogP) is 2.25. The molecule has 0 radical (unpaired) electrons. The topological polar surface area (TPSA) is 3.24 Å². The summed E-state index contributed by atoms with van der Waals surface area (Å²) in [6.07, 6.45) is 5.11. The van der Waals surface area contributed by atoms with Crippen molar-refractivity contribution in [3.8, 4) is 0 Å². The molecule has 1 aliphatic heterocycles. The van der Waals surface area contributed by atoms with E-state index >= 15 is 0 Å². The first-order valence-corrected chi connectivity index (χ1v) is 4.61.